The largest absolute Gasteiger partial charge is 0.463 e. The second kappa shape index (κ2) is 12.0. The van der Waals surface area contributed by atoms with Gasteiger partial charge in [-0.15, -0.1) is 0 Å². The van der Waals surface area contributed by atoms with Crippen molar-refractivity contribution in [2.24, 2.45) is 5.41 Å². The number of benzene rings is 1. The summed E-state index contributed by atoms with van der Waals surface area (Å²) in [5, 5.41) is 12.0. The molecule has 210 valence electrons. The van der Waals surface area contributed by atoms with Gasteiger partial charge in [-0.1, -0.05) is 32.0 Å². The van der Waals surface area contributed by atoms with Crippen LogP contribution in [0, 0.1) is 12.3 Å². The molecule has 1 aromatic heterocycles. The van der Waals surface area contributed by atoms with E-state index in [1.54, 1.807) is 20.8 Å². The van der Waals surface area contributed by atoms with E-state index in [0.29, 0.717) is 11.2 Å². The van der Waals surface area contributed by atoms with Crippen molar-refractivity contribution in [2.45, 2.75) is 99.3 Å². The minimum absolute atomic E-state index is 0.146. The molecule has 0 bridgehead atoms. The Morgan fingerprint density at radius 1 is 1.21 bits per heavy atom. The van der Waals surface area contributed by atoms with Gasteiger partial charge in [0.05, 0.1) is 23.8 Å². The van der Waals surface area contributed by atoms with E-state index in [9.17, 15) is 4.79 Å². The Bertz CT molecular complexity index is 1120. The second-order valence-corrected chi connectivity index (χ2v) is 12.7. The van der Waals surface area contributed by atoms with Crippen molar-refractivity contribution in [2.75, 3.05) is 30.3 Å². The van der Waals surface area contributed by atoms with Gasteiger partial charge < -0.3 is 25.8 Å². The number of esters is 1. The number of rotatable bonds is 5. The van der Waals surface area contributed by atoms with Crippen molar-refractivity contribution < 1.29 is 14.6 Å². The number of carbonyl (C=O) groups is 1. The smallest absolute Gasteiger partial charge is 0.310 e. The number of nitrogens with one attached hydrogen (secondary N) is 1. The molecule has 1 saturated heterocycles. The third-order valence-corrected chi connectivity index (χ3v) is 7.01. The van der Waals surface area contributed by atoms with Gasteiger partial charge in [0.1, 0.15) is 5.82 Å². The zero-order valence-electron chi connectivity index (χ0n) is 24.7. The van der Waals surface area contributed by atoms with Crippen LogP contribution in [0.4, 0.5) is 11.5 Å². The van der Waals surface area contributed by atoms with E-state index >= 15 is 0 Å². The maximum absolute atomic E-state index is 12.7. The van der Waals surface area contributed by atoms with Crippen LogP contribution in [0.2, 0.25) is 0 Å². The van der Waals surface area contributed by atoms with Gasteiger partial charge in [-0.05, 0) is 89.5 Å². The van der Waals surface area contributed by atoms with Crippen molar-refractivity contribution in [1.82, 2.24) is 10.3 Å². The molecular weight excluding hydrogens is 476 g/mol. The molecule has 0 amide bonds. The van der Waals surface area contributed by atoms with Crippen molar-refractivity contribution in [3.63, 3.8) is 0 Å². The van der Waals surface area contributed by atoms with E-state index in [1.165, 1.54) is 11.1 Å². The van der Waals surface area contributed by atoms with E-state index in [0.717, 1.165) is 73.5 Å². The summed E-state index contributed by atoms with van der Waals surface area (Å²) >= 11 is 0. The van der Waals surface area contributed by atoms with Crippen LogP contribution in [-0.4, -0.2) is 47.4 Å². The topological polar surface area (TPSA) is 101 Å². The molecule has 0 saturated carbocycles. The third kappa shape index (κ3) is 8.18. The fourth-order valence-electron chi connectivity index (χ4n) is 5.01. The fourth-order valence-corrected chi connectivity index (χ4v) is 5.01. The molecule has 0 unspecified atom stereocenters. The van der Waals surface area contributed by atoms with Gasteiger partial charge in [-0.3, -0.25) is 4.79 Å². The molecule has 0 aliphatic carbocycles. The number of pyridine rings is 1. The third-order valence-electron chi connectivity index (χ3n) is 7.01. The summed E-state index contributed by atoms with van der Waals surface area (Å²) in [6.07, 6.45) is 3.25. The van der Waals surface area contributed by atoms with Gasteiger partial charge in [0, 0.05) is 36.5 Å². The summed E-state index contributed by atoms with van der Waals surface area (Å²) in [6, 6.07) is 6.63. The lowest BCUT2D eigenvalue weighted by molar-refractivity contribution is -0.146. The average Bonchev–Trinajstić information content (AvgIpc) is 2.79. The number of nitrogens with two attached hydrogens (primary N) is 1. The molecule has 1 fully saturated rings. The number of anilines is 2. The molecule has 7 nitrogen and oxygen atoms in total. The number of piperidine rings is 1. The van der Waals surface area contributed by atoms with Gasteiger partial charge >= 0.3 is 5.97 Å². The number of carbonyl (C=O) groups excluding carboxylic acids is 1. The standard InChI is InChI=1S/C27H38N4O2.C4H10O/c1-17(2)33-23(32)15-22-18(3)30-26(28)24(25(22)31-12-9-27(4,5)10-13-31)20-6-7-21-16-29-11-8-19(21)14-20;1-4(2,3)5/h6-7,14,17,29H,8-13,15-16H2,1-5H3,(H2,28,30);5H,1-3H3. The minimum atomic E-state index is -0.500. The molecule has 4 rings (SSSR count). The number of hydrogen-bond acceptors (Lipinski definition) is 7. The lowest BCUT2D eigenvalue weighted by atomic mass is 9.82. The molecule has 2 aliphatic heterocycles. The van der Waals surface area contributed by atoms with Crippen LogP contribution in [0.25, 0.3) is 11.1 Å². The van der Waals surface area contributed by atoms with Crippen LogP contribution in [0.5, 0.6) is 0 Å². The van der Waals surface area contributed by atoms with Crippen molar-refractivity contribution in [1.29, 1.82) is 0 Å². The normalized spacial score (nSPS) is 16.9. The highest BCUT2D eigenvalue weighted by Crippen LogP contribution is 2.43. The van der Waals surface area contributed by atoms with Gasteiger partial charge in [0.25, 0.3) is 0 Å². The van der Waals surface area contributed by atoms with Crippen molar-refractivity contribution in [3.05, 3.63) is 40.6 Å². The number of nitrogen functional groups attached to an aromatic ring is 1. The van der Waals surface area contributed by atoms with Crippen molar-refractivity contribution >= 4 is 17.5 Å². The maximum Gasteiger partial charge on any atom is 0.310 e. The molecule has 0 atom stereocenters. The van der Waals surface area contributed by atoms with E-state index in [1.807, 2.05) is 20.8 Å². The first-order chi connectivity index (χ1) is 17.6. The van der Waals surface area contributed by atoms with Crippen LogP contribution in [-0.2, 0) is 28.9 Å². The van der Waals surface area contributed by atoms with Crippen LogP contribution < -0.4 is 16.0 Å². The average molecular weight is 525 g/mol. The summed E-state index contributed by atoms with van der Waals surface area (Å²) in [7, 11) is 0. The zero-order valence-corrected chi connectivity index (χ0v) is 24.7. The number of nitrogens with zero attached hydrogens (tertiary/aromatic N) is 2. The summed E-state index contributed by atoms with van der Waals surface area (Å²) in [5.41, 5.74) is 14.0. The predicted molar refractivity (Wildman–Crippen MR) is 156 cm³/mol. The van der Waals surface area contributed by atoms with Gasteiger partial charge in [0.15, 0.2) is 0 Å². The summed E-state index contributed by atoms with van der Waals surface area (Å²) in [5.74, 6) is 0.308. The highest BCUT2D eigenvalue weighted by molar-refractivity contribution is 5.91. The summed E-state index contributed by atoms with van der Waals surface area (Å²) in [4.78, 5) is 19.9. The fraction of sp³-hybridized carbons (Fsp3) is 0.613. The Morgan fingerprint density at radius 3 is 2.45 bits per heavy atom. The Labute approximate surface area is 229 Å². The first-order valence-corrected chi connectivity index (χ1v) is 13.9. The van der Waals surface area contributed by atoms with Gasteiger partial charge in [-0.25, -0.2) is 4.98 Å². The minimum Gasteiger partial charge on any atom is -0.463 e. The highest BCUT2D eigenvalue weighted by Gasteiger charge is 2.31. The first kappa shape index (κ1) is 29.9. The monoisotopic (exact) mass is 524 g/mol. The summed E-state index contributed by atoms with van der Waals surface area (Å²) in [6.45, 7) is 19.4. The quantitative estimate of drug-likeness (QED) is 0.463. The number of ether oxygens (including phenoxy) is 1. The lowest BCUT2D eigenvalue weighted by Crippen LogP contribution is -2.38. The first-order valence-electron chi connectivity index (χ1n) is 13.9. The molecular formula is C31H48N4O3. The van der Waals surface area contributed by atoms with Crippen molar-refractivity contribution in [3.8, 4) is 11.1 Å². The second-order valence-electron chi connectivity index (χ2n) is 12.7. The molecule has 2 aromatic rings. The Morgan fingerprint density at radius 2 is 1.84 bits per heavy atom. The van der Waals surface area contributed by atoms with Crippen LogP contribution in [0.1, 0.15) is 83.7 Å². The van der Waals surface area contributed by atoms with Crippen LogP contribution >= 0.6 is 0 Å². The maximum atomic E-state index is 12.7. The van der Waals surface area contributed by atoms with Gasteiger partial charge in [0.2, 0.25) is 0 Å². The predicted octanol–water partition coefficient (Wildman–Crippen LogP) is 5.18. The SMILES string of the molecule is CC(C)(C)O.Cc1nc(N)c(-c2ccc3c(c2)CCNC3)c(N2CCC(C)(C)CC2)c1CC(=O)OC(C)C. The molecule has 7 heteroatoms. The Hall–Kier alpha value is -2.64. The highest BCUT2D eigenvalue weighted by atomic mass is 16.5. The molecule has 4 N–H and O–H groups in total. The molecule has 38 heavy (non-hydrogen) atoms. The van der Waals surface area contributed by atoms with Crippen LogP contribution in [0.15, 0.2) is 18.2 Å². The number of fused-ring (bicyclic) bond motifs is 1. The molecule has 0 radical (unpaired) electrons. The molecule has 1 aromatic carbocycles. The zero-order chi connectivity index (χ0) is 28.3. The number of hydrogen-bond donors (Lipinski definition) is 3. The van der Waals surface area contributed by atoms with Gasteiger partial charge in [-0.2, -0.15) is 0 Å². The molecule has 3 heterocycles. The van der Waals surface area contributed by atoms with E-state index in [-0.39, 0.29) is 18.5 Å². The Kier molecular flexibility index (Phi) is 9.48. The van der Waals surface area contributed by atoms with E-state index in [2.05, 4.69) is 42.3 Å². The summed E-state index contributed by atoms with van der Waals surface area (Å²) < 4.78 is 5.51. The van der Waals surface area contributed by atoms with E-state index in [4.69, 9.17) is 20.6 Å². The molecule has 2 aliphatic rings. The van der Waals surface area contributed by atoms with E-state index < -0.39 is 5.60 Å². The number of aliphatic hydroxyl groups is 1. The Balaban J connectivity index is 0.000000732. The van der Waals surface area contributed by atoms with Crippen LogP contribution in [0.3, 0.4) is 0 Å². The molecule has 0 spiro atoms. The number of aryl methyl sites for hydroxylation is 1. The lowest BCUT2D eigenvalue weighted by Gasteiger charge is -2.40. The number of aromatic nitrogens is 1.